The maximum atomic E-state index is 5.26. The van der Waals surface area contributed by atoms with Crippen molar-refractivity contribution in [3.05, 3.63) is 212 Å². The average molecular weight is 778 g/mol. The predicted octanol–water partition coefficient (Wildman–Crippen LogP) is 14.2. The molecule has 0 radical (unpaired) electrons. The van der Waals surface area contributed by atoms with Crippen LogP contribution in [0.2, 0.25) is 0 Å². The minimum atomic E-state index is 0.643. The summed E-state index contributed by atoms with van der Waals surface area (Å²) in [5.74, 6) is 1.94. The van der Waals surface area contributed by atoms with Crippen LogP contribution in [0.3, 0.4) is 0 Å². The Bertz CT molecular complexity index is 3560. The summed E-state index contributed by atoms with van der Waals surface area (Å²) in [5, 5.41) is 8.18. The van der Waals surface area contributed by atoms with Crippen LogP contribution in [0.25, 0.3) is 116 Å². The number of nitrogens with zero attached hydrogens (tertiary/aromatic N) is 5. The van der Waals surface area contributed by atoms with Gasteiger partial charge >= 0.3 is 0 Å². The number of benzene rings is 9. The fourth-order valence-electron chi connectivity index (χ4n) is 8.90. The van der Waals surface area contributed by atoms with Gasteiger partial charge in [-0.3, -0.25) is 0 Å². The van der Waals surface area contributed by atoms with Gasteiger partial charge in [-0.15, -0.1) is 0 Å². The first-order valence-electron chi connectivity index (χ1n) is 20.6. The topological polar surface area (TPSA) is 56.5 Å². The lowest BCUT2D eigenvalue weighted by Gasteiger charge is -2.12. The SMILES string of the molecule is c1ccc(-c2nc(-c3ccccc3)nc(-c3ccc4cc(-c5ccc6c(c5)c5c7c(ccc5n6-c5ccccc5)c(-c5ccccc5)nc5ccccc57)ccc4c3)n2)cc1. The lowest BCUT2D eigenvalue weighted by molar-refractivity contribution is 1.07. The Hall–Kier alpha value is -8.28. The lowest BCUT2D eigenvalue weighted by Crippen LogP contribution is -2.00. The molecular weight excluding hydrogens is 743 g/mol. The molecule has 5 nitrogen and oxygen atoms in total. The average Bonchev–Trinajstić information content (AvgIpc) is 3.68. The fourth-order valence-corrected chi connectivity index (χ4v) is 8.90. The zero-order valence-corrected chi connectivity index (χ0v) is 32.9. The minimum Gasteiger partial charge on any atom is -0.309 e. The molecule has 9 aromatic carbocycles. The van der Waals surface area contributed by atoms with Crippen LogP contribution in [0.4, 0.5) is 0 Å². The van der Waals surface area contributed by atoms with Crippen molar-refractivity contribution in [2.24, 2.45) is 0 Å². The molecular formula is C56H35N5. The normalized spacial score (nSPS) is 11.6. The molecule has 3 heterocycles. The van der Waals surface area contributed by atoms with E-state index in [1.165, 1.54) is 16.2 Å². The van der Waals surface area contributed by atoms with Crippen molar-refractivity contribution in [1.29, 1.82) is 0 Å². The van der Waals surface area contributed by atoms with E-state index in [2.05, 4.69) is 156 Å². The van der Waals surface area contributed by atoms with Crippen molar-refractivity contribution < 1.29 is 0 Å². The number of para-hydroxylation sites is 2. The molecule has 0 fully saturated rings. The summed E-state index contributed by atoms with van der Waals surface area (Å²) in [6.07, 6.45) is 0. The molecule has 61 heavy (non-hydrogen) atoms. The number of fused-ring (bicyclic) bond motifs is 8. The molecule has 0 saturated carbocycles. The molecule has 12 rings (SSSR count). The van der Waals surface area contributed by atoms with Gasteiger partial charge in [-0.25, -0.2) is 19.9 Å². The second kappa shape index (κ2) is 14.2. The molecule has 0 spiro atoms. The summed E-state index contributed by atoms with van der Waals surface area (Å²) >= 11 is 0. The van der Waals surface area contributed by atoms with Gasteiger partial charge in [0.15, 0.2) is 17.5 Å². The van der Waals surface area contributed by atoms with E-state index in [-0.39, 0.29) is 0 Å². The van der Waals surface area contributed by atoms with Gasteiger partial charge in [0.1, 0.15) is 0 Å². The van der Waals surface area contributed by atoms with Crippen molar-refractivity contribution >= 4 is 54.3 Å². The van der Waals surface area contributed by atoms with Crippen LogP contribution in [0.15, 0.2) is 212 Å². The summed E-state index contributed by atoms with van der Waals surface area (Å²) in [5.41, 5.74) is 11.7. The third-order valence-electron chi connectivity index (χ3n) is 11.8. The number of hydrogen-bond acceptors (Lipinski definition) is 4. The second-order valence-electron chi connectivity index (χ2n) is 15.4. The molecule has 0 amide bonds. The number of pyridine rings is 1. The van der Waals surface area contributed by atoms with Gasteiger partial charge in [0.25, 0.3) is 0 Å². The van der Waals surface area contributed by atoms with E-state index < -0.39 is 0 Å². The van der Waals surface area contributed by atoms with Gasteiger partial charge in [0.05, 0.1) is 22.2 Å². The molecule has 3 aromatic heterocycles. The Balaban J connectivity index is 1.03. The highest BCUT2D eigenvalue weighted by Gasteiger charge is 2.20. The van der Waals surface area contributed by atoms with Crippen LogP contribution in [-0.2, 0) is 0 Å². The van der Waals surface area contributed by atoms with Gasteiger partial charge in [-0.1, -0.05) is 164 Å². The van der Waals surface area contributed by atoms with Crippen LogP contribution in [0.1, 0.15) is 0 Å². The van der Waals surface area contributed by atoms with Crippen LogP contribution < -0.4 is 0 Å². The maximum Gasteiger partial charge on any atom is 0.164 e. The molecule has 284 valence electrons. The maximum absolute atomic E-state index is 5.26. The molecule has 0 aliphatic rings. The first-order chi connectivity index (χ1) is 30.2. The highest BCUT2D eigenvalue weighted by atomic mass is 15.0. The number of rotatable bonds is 6. The standard InChI is InChI=1S/C56H35N5/c1-5-15-36(16-6-1)53-46-30-32-50-52(51(46)45-23-13-14-24-48(45)57-53)47-35-42(29-31-49(47)61(50)44-21-11-4-12-22-44)40-25-26-41-34-43(28-27-39(41)33-40)56-59-54(37-17-7-2-8-18-37)58-55(60-56)38-19-9-3-10-20-38/h1-35H. The van der Waals surface area contributed by atoms with Crippen molar-refractivity contribution in [2.45, 2.75) is 0 Å². The van der Waals surface area contributed by atoms with Crippen molar-refractivity contribution in [3.63, 3.8) is 0 Å². The second-order valence-corrected chi connectivity index (χ2v) is 15.4. The highest BCUT2D eigenvalue weighted by Crippen LogP contribution is 2.43. The van der Waals surface area contributed by atoms with E-state index in [0.717, 1.165) is 82.9 Å². The quantitative estimate of drug-likeness (QED) is 0.158. The summed E-state index contributed by atoms with van der Waals surface area (Å²) in [7, 11) is 0. The largest absolute Gasteiger partial charge is 0.309 e. The Morgan fingerprint density at radius 3 is 1.48 bits per heavy atom. The predicted molar refractivity (Wildman–Crippen MR) is 252 cm³/mol. The van der Waals surface area contributed by atoms with Gasteiger partial charge < -0.3 is 4.57 Å². The molecule has 5 heteroatoms. The number of aromatic nitrogens is 5. The van der Waals surface area contributed by atoms with E-state index in [1.54, 1.807) is 0 Å². The van der Waals surface area contributed by atoms with E-state index in [9.17, 15) is 0 Å². The fraction of sp³-hybridized carbons (Fsp3) is 0. The first-order valence-corrected chi connectivity index (χ1v) is 20.6. The molecule has 0 unspecified atom stereocenters. The van der Waals surface area contributed by atoms with E-state index in [4.69, 9.17) is 19.9 Å². The number of hydrogen-bond donors (Lipinski definition) is 0. The summed E-state index contributed by atoms with van der Waals surface area (Å²) in [4.78, 5) is 20.1. The van der Waals surface area contributed by atoms with Gasteiger partial charge in [0, 0.05) is 54.9 Å². The van der Waals surface area contributed by atoms with Gasteiger partial charge in [-0.2, -0.15) is 0 Å². The smallest absolute Gasteiger partial charge is 0.164 e. The molecule has 0 aliphatic heterocycles. The summed E-state index contributed by atoms with van der Waals surface area (Å²) in [6, 6.07) is 74.7. The third-order valence-corrected chi connectivity index (χ3v) is 11.8. The lowest BCUT2D eigenvalue weighted by atomic mass is 9.95. The summed E-state index contributed by atoms with van der Waals surface area (Å²) < 4.78 is 2.40. The molecule has 0 atom stereocenters. The molecule has 0 N–H and O–H groups in total. The van der Waals surface area contributed by atoms with Crippen molar-refractivity contribution in [3.8, 4) is 62.2 Å². The monoisotopic (exact) mass is 777 g/mol. The third kappa shape index (κ3) is 5.94. The minimum absolute atomic E-state index is 0.643. The Morgan fingerprint density at radius 1 is 0.295 bits per heavy atom. The van der Waals surface area contributed by atoms with Crippen LogP contribution in [0, 0.1) is 0 Å². The van der Waals surface area contributed by atoms with Crippen molar-refractivity contribution in [1.82, 2.24) is 24.5 Å². The van der Waals surface area contributed by atoms with Gasteiger partial charge in [-0.05, 0) is 70.4 Å². The van der Waals surface area contributed by atoms with Crippen LogP contribution >= 0.6 is 0 Å². The Morgan fingerprint density at radius 2 is 0.803 bits per heavy atom. The molecule has 12 aromatic rings. The molecule has 0 aliphatic carbocycles. The highest BCUT2D eigenvalue weighted by molar-refractivity contribution is 6.29. The van der Waals surface area contributed by atoms with Crippen LogP contribution in [-0.4, -0.2) is 24.5 Å². The zero-order valence-electron chi connectivity index (χ0n) is 32.9. The van der Waals surface area contributed by atoms with E-state index >= 15 is 0 Å². The Kier molecular flexibility index (Phi) is 8.10. The van der Waals surface area contributed by atoms with E-state index in [0.29, 0.717) is 17.5 Å². The molecule has 0 bridgehead atoms. The molecule has 0 saturated heterocycles. The van der Waals surface area contributed by atoms with Crippen LogP contribution in [0.5, 0.6) is 0 Å². The zero-order chi connectivity index (χ0) is 40.3. The Labute approximate surface area is 351 Å². The summed E-state index contributed by atoms with van der Waals surface area (Å²) in [6.45, 7) is 0. The first kappa shape index (κ1) is 34.7. The van der Waals surface area contributed by atoms with Crippen molar-refractivity contribution in [2.75, 3.05) is 0 Å². The van der Waals surface area contributed by atoms with E-state index in [1.807, 2.05) is 60.7 Å². The van der Waals surface area contributed by atoms with Gasteiger partial charge in [0.2, 0.25) is 0 Å².